The van der Waals surface area contributed by atoms with Crippen LogP contribution in [0.4, 0.5) is 14.6 Å². The number of benzene rings is 2. The van der Waals surface area contributed by atoms with Gasteiger partial charge in [-0.05, 0) is 67.1 Å². The molecule has 1 unspecified atom stereocenters. The highest BCUT2D eigenvalue weighted by Gasteiger charge is 2.15. The van der Waals surface area contributed by atoms with Crippen molar-refractivity contribution in [3.05, 3.63) is 103 Å². The molecule has 0 bridgehead atoms. The van der Waals surface area contributed by atoms with E-state index in [4.69, 9.17) is 9.97 Å². The van der Waals surface area contributed by atoms with Crippen molar-refractivity contribution >= 4 is 16.7 Å². The molecule has 5 rings (SSSR count). The summed E-state index contributed by atoms with van der Waals surface area (Å²) in [6, 6.07) is 18.0. The predicted octanol–water partition coefficient (Wildman–Crippen LogP) is 6.21. The molecule has 5 aromatic rings. The topological polar surface area (TPSA) is 63.6 Å². The predicted molar refractivity (Wildman–Crippen MR) is 124 cm³/mol. The van der Waals surface area contributed by atoms with Gasteiger partial charge in [-0.3, -0.25) is 9.97 Å². The third-order valence-electron chi connectivity index (χ3n) is 5.34. The number of hydrogen-bond acceptors (Lipinski definition) is 5. The molecule has 33 heavy (non-hydrogen) atoms. The van der Waals surface area contributed by atoms with Crippen LogP contribution in [0, 0.1) is 11.6 Å². The summed E-state index contributed by atoms with van der Waals surface area (Å²) in [6.07, 6.45) is 5.10. The van der Waals surface area contributed by atoms with Gasteiger partial charge in [-0.1, -0.05) is 12.1 Å². The lowest BCUT2D eigenvalue weighted by Gasteiger charge is -2.17. The van der Waals surface area contributed by atoms with Crippen LogP contribution in [0.3, 0.4) is 0 Å². The fraction of sp³-hybridized carbons (Fsp3) is 0.0769. The molecule has 0 aliphatic rings. The van der Waals surface area contributed by atoms with Crippen molar-refractivity contribution in [2.24, 2.45) is 0 Å². The Kier molecular flexibility index (Phi) is 5.44. The second-order valence-electron chi connectivity index (χ2n) is 7.61. The highest BCUT2D eigenvalue weighted by Crippen LogP contribution is 2.32. The smallest absolute Gasteiger partial charge is 0.163 e. The largest absolute Gasteiger partial charge is 0.361 e. The van der Waals surface area contributed by atoms with Crippen LogP contribution in [0.15, 0.2) is 85.3 Å². The maximum atomic E-state index is 14.4. The van der Waals surface area contributed by atoms with Gasteiger partial charge in [-0.15, -0.1) is 0 Å². The van der Waals surface area contributed by atoms with Gasteiger partial charge >= 0.3 is 0 Å². The highest BCUT2D eigenvalue weighted by molar-refractivity contribution is 5.93. The van der Waals surface area contributed by atoms with E-state index >= 15 is 0 Å². The molecule has 3 heterocycles. The standard InChI is InChI=1S/C26H19F2N5/c1-16(23-6-2-3-12-30-23)31-26-20-9-7-17(21-14-19(27)8-10-22(21)28)13-24(20)32-25(33-26)18-5-4-11-29-15-18/h2-16H,1H3,(H,31,32,33). The third kappa shape index (κ3) is 4.25. The Balaban J connectivity index is 1.65. The summed E-state index contributed by atoms with van der Waals surface area (Å²) in [5.41, 5.74) is 2.91. The Morgan fingerprint density at radius 3 is 2.55 bits per heavy atom. The Hall–Kier alpha value is -4.26. The fourth-order valence-electron chi connectivity index (χ4n) is 3.66. The van der Waals surface area contributed by atoms with Crippen molar-refractivity contribution in [3.8, 4) is 22.5 Å². The van der Waals surface area contributed by atoms with E-state index in [1.54, 1.807) is 30.7 Å². The number of anilines is 1. The number of halogens is 2. The van der Waals surface area contributed by atoms with E-state index in [0.29, 0.717) is 22.7 Å². The van der Waals surface area contributed by atoms with Gasteiger partial charge in [0.25, 0.3) is 0 Å². The monoisotopic (exact) mass is 439 g/mol. The minimum absolute atomic E-state index is 0.119. The number of pyridine rings is 2. The Morgan fingerprint density at radius 1 is 0.848 bits per heavy atom. The first-order chi connectivity index (χ1) is 16.1. The zero-order valence-corrected chi connectivity index (χ0v) is 17.7. The van der Waals surface area contributed by atoms with E-state index in [2.05, 4.69) is 15.3 Å². The minimum atomic E-state index is -0.503. The molecule has 5 nitrogen and oxygen atoms in total. The highest BCUT2D eigenvalue weighted by atomic mass is 19.1. The summed E-state index contributed by atoms with van der Waals surface area (Å²) in [5.74, 6) is 0.0858. The summed E-state index contributed by atoms with van der Waals surface area (Å²) in [7, 11) is 0. The van der Waals surface area contributed by atoms with Gasteiger partial charge in [0.05, 0.1) is 17.3 Å². The van der Waals surface area contributed by atoms with Crippen molar-refractivity contribution in [2.45, 2.75) is 13.0 Å². The molecule has 0 fully saturated rings. The number of nitrogens with one attached hydrogen (secondary N) is 1. The second-order valence-corrected chi connectivity index (χ2v) is 7.61. The average Bonchev–Trinajstić information content (AvgIpc) is 2.86. The fourth-order valence-corrected chi connectivity index (χ4v) is 3.66. The quantitative estimate of drug-likeness (QED) is 0.353. The molecule has 0 amide bonds. The van der Waals surface area contributed by atoms with Gasteiger partial charge in [0.2, 0.25) is 0 Å². The van der Waals surface area contributed by atoms with Crippen LogP contribution >= 0.6 is 0 Å². The van der Waals surface area contributed by atoms with E-state index in [1.165, 1.54) is 6.07 Å². The van der Waals surface area contributed by atoms with Crippen LogP contribution in [0.1, 0.15) is 18.7 Å². The van der Waals surface area contributed by atoms with Crippen molar-refractivity contribution in [3.63, 3.8) is 0 Å². The molecular formula is C26H19F2N5. The van der Waals surface area contributed by atoms with Crippen LogP contribution in [0.5, 0.6) is 0 Å². The van der Waals surface area contributed by atoms with Crippen LogP contribution in [0.25, 0.3) is 33.4 Å². The van der Waals surface area contributed by atoms with Gasteiger partial charge in [0.15, 0.2) is 5.82 Å². The van der Waals surface area contributed by atoms with Gasteiger partial charge in [0, 0.05) is 35.1 Å². The van der Waals surface area contributed by atoms with Crippen LogP contribution < -0.4 is 5.32 Å². The Morgan fingerprint density at radius 2 is 1.76 bits per heavy atom. The zero-order valence-electron chi connectivity index (χ0n) is 17.7. The molecule has 7 heteroatoms. The maximum Gasteiger partial charge on any atom is 0.163 e. The summed E-state index contributed by atoms with van der Waals surface area (Å²) in [6.45, 7) is 2.00. The van der Waals surface area contributed by atoms with Crippen LogP contribution in [-0.2, 0) is 0 Å². The summed E-state index contributed by atoms with van der Waals surface area (Å²) in [5, 5.41) is 4.18. The van der Waals surface area contributed by atoms with E-state index in [0.717, 1.165) is 28.8 Å². The van der Waals surface area contributed by atoms with Crippen molar-refractivity contribution < 1.29 is 8.78 Å². The first kappa shape index (κ1) is 20.6. The molecule has 0 spiro atoms. The van der Waals surface area contributed by atoms with Gasteiger partial charge in [-0.25, -0.2) is 18.7 Å². The zero-order chi connectivity index (χ0) is 22.8. The Bertz CT molecular complexity index is 1430. The summed E-state index contributed by atoms with van der Waals surface area (Å²) < 4.78 is 28.2. The number of fused-ring (bicyclic) bond motifs is 1. The Labute approximate surface area is 189 Å². The molecule has 0 aliphatic heterocycles. The molecule has 0 aliphatic carbocycles. The lowest BCUT2D eigenvalue weighted by molar-refractivity contribution is 0.603. The summed E-state index contributed by atoms with van der Waals surface area (Å²) in [4.78, 5) is 18.0. The molecule has 1 N–H and O–H groups in total. The molecule has 2 aromatic carbocycles. The van der Waals surface area contributed by atoms with E-state index in [9.17, 15) is 8.78 Å². The summed E-state index contributed by atoms with van der Waals surface area (Å²) >= 11 is 0. The van der Waals surface area contributed by atoms with Crippen LogP contribution in [-0.4, -0.2) is 19.9 Å². The minimum Gasteiger partial charge on any atom is -0.361 e. The maximum absolute atomic E-state index is 14.4. The first-order valence-corrected chi connectivity index (χ1v) is 10.4. The number of nitrogens with zero attached hydrogens (tertiary/aromatic N) is 4. The molecule has 0 radical (unpaired) electrons. The molecule has 0 saturated heterocycles. The van der Waals surface area contributed by atoms with Crippen molar-refractivity contribution in [1.82, 2.24) is 19.9 Å². The number of rotatable bonds is 5. The van der Waals surface area contributed by atoms with E-state index < -0.39 is 11.6 Å². The number of aromatic nitrogens is 4. The molecule has 1 atom stereocenters. The van der Waals surface area contributed by atoms with Crippen molar-refractivity contribution in [1.29, 1.82) is 0 Å². The first-order valence-electron chi connectivity index (χ1n) is 10.4. The van der Waals surface area contributed by atoms with Gasteiger partial charge in [0.1, 0.15) is 17.5 Å². The average molecular weight is 439 g/mol. The third-order valence-corrected chi connectivity index (χ3v) is 5.34. The SMILES string of the molecule is CC(Nc1nc(-c2cccnc2)nc2cc(-c3cc(F)ccc3F)ccc12)c1ccccn1. The van der Waals surface area contributed by atoms with Crippen LogP contribution in [0.2, 0.25) is 0 Å². The second kappa shape index (κ2) is 8.70. The van der Waals surface area contributed by atoms with Gasteiger partial charge < -0.3 is 5.32 Å². The lowest BCUT2D eigenvalue weighted by atomic mass is 10.0. The molecular weight excluding hydrogens is 420 g/mol. The molecule has 3 aromatic heterocycles. The van der Waals surface area contributed by atoms with E-state index in [1.807, 2.05) is 43.3 Å². The number of hydrogen-bond donors (Lipinski definition) is 1. The van der Waals surface area contributed by atoms with Gasteiger partial charge in [-0.2, -0.15) is 0 Å². The molecule has 0 saturated carbocycles. The van der Waals surface area contributed by atoms with E-state index in [-0.39, 0.29) is 11.6 Å². The normalized spacial score (nSPS) is 12.0. The van der Waals surface area contributed by atoms with Crippen molar-refractivity contribution in [2.75, 3.05) is 5.32 Å². The molecule has 162 valence electrons. The lowest BCUT2D eigenvalue weighted by Crippen LogP contribution is -2.10.